The summed E-state index contributed by atoms with van der Waals surface area (Å²) in [5, 5.41) is 0. The fourth-order valence-corrected chi connectivity index (χ4v) is 19.0. The molecule has 0 amide bonds. The van der Waals surface area contributed by atoms with Gasteiger partial charge in [0, 0.05) is 18.3 Å². The lowest BCUT2D eigenvalue weighted by Gasteiger charge is -2.66. The van der Waals surface area contributed by atoms with Crippen molar-refractivity contribution in [2.45, 2.75) is 221 Å². The highest BCUT2D eigenvalue weighted by Gasteiger charge is 2.67. The van der Waals surface area contributed by atoms with Crippen LogP contribution >= 0.6 is 0 Å². The molecule has 0 bridgehead atoms. The van der Waals surface area contributed by atoms with Crippen LogP contribution in [0.4, 0.5) is 0 Å². The maximum absolute atomic E-state index is 7.54. The van der Waals surface area contributed by atoms with Crippen molar-refractivity contribution in [2.24, 2.45) is 46.3 Å². The van der Waals surface area contributed by atoms with E-state index in [4.69, 9.17) is 22.1 Å². The van der Waals surface area contributed by atoms with E-state index in [0.717, 1.165) is 12.8 Å². The van der Waals surface area contributed by atoms with E-state index in [2.05, 4.69) is 133 Å². The topological polar surface area (TPSA) is 46.2 Å². The monoisotopic (exact) mass is 813 g/mol. The summed E-state index contributed by atoms with van der Waals surface area (Å²) >= 11 is 0. The highest BCUT2D eigenvalue weighted by atomic mass is 28.4. The molecule has 0 radical (unpaired) electrons. The number of fused-ring (bicyclic) bond motifs is 5. The van der Waals surface area contributed by atoms with Gasteiger partial charge in [0.05, 0.1) is 11.7 Å². The third-order valence-electron chi connectivity index (χ3n) is 13.4. The lowest BCUT2D eigenvalue weighted by Crippen LogP contribution is -2.64. The van der Waals surface area contributed by atoms with E-state index in [-0.39, 0.29) is 17.1 Å². The fourth-order valence-electron chi connectivity index (χ4n) is 12.5. The van der Waals surface area contributed by atoms with Crippen molar-refractivity contribution in [1.82, 2.24) is 0 Å². The summed E-state index contributed by atoms with van der Waals surface area (Å²) in [4.78, 5) is 0. The molecule has 4 saturated carbocycles. The summed E-state index contributed by atoms with van der Waals surface area (Å²) in [7, 11) is -8.66. The molecule has 4 rings (SSSR count). The molecule has 0 aromatic carbocycles. The Labute approximate surface area is 329 Å². The zero-order chi connectivity index (χ0) is 39.7. The zero-order valence-electron chi connectivity index (χ0n) is 38.2. The smallest absolute Gasteiger partial charge is 0.184 e. The van der Waals surface area contributed by atoms with Crippen LogP contribution in [0, 0.1) is 46.3 Å². The van der Waals surface area contributed by atoms with E-state index in [9.17, 15) is 0 Å². The van der Waals surface area contributed by atoms with Crippen LogP contribution < -0.4 is 0 Å². The first-order valence-electron chi connectivity index (χ1n) is 21.6. The molecule has 5 unspecified atom stereocenters. The summed E-state index contributed by atoms with van der Waals surface area (Å²) in [5.41, 5.74) is 0.275. The van der Waals surface area contributed by atoms with Gasteiger partial charge in [-0.3, -0.25) is 0 Å². The van der Waals surface area contributed by atoms with Crippen molar-refractivity contribution >= 4 is 41.6 Å². The van der Waals surface area contributed by atoms with Gasteiger partial charge in [-0.05, 0) is 216 Å². The van der Waals surface area contributed by atoms with Gasteiger partial charge in [0.2, 0.25) is 0 Å². The van der Waals surface area contributed by atoms with Gasteiger partial charge in [0.1, 0.15) is 0 Å². The molecule has 10 heteroatoms. The highest BCUT2D eigenvalue weighted by molar-refractivity contribution is 6.71. The molecule has 0 aromatic heterocycles. The van der Waals surface area contributed by atoms with Crippen molar-refractivity contribution in [3.63, 3.8) is 0 Å². The minimum Gasteiger partial charge on any atom is -0.415 e. The number of hydrogen-bond donors (Lipinski definition) is 0. The Morgan fingerprint density at radius 1 is 0.654 bits per heavy atom. The molecule has 4 fully saturated rings. The van der Waals surface area contributed by atoms with Gasteiger partial charge < -0.3 is 22.1 Å². The Kier molecular flexibility index (Phi) is 13.7. The van der Waals surface area contributed by atoms with Gasteiger partial charge in [-0.25, -0.2) is 0 Å². The minimum atomic E-state index is -1.82. The van der Waals surface area contributed by atoms with E-state index in [0.29, 0.717) is 59.2 Å². The summed E-state index contributed by atoms with van der Waals surface area (Å²) in [6.07, 6.45) is 12.1. The number of rotatable bonds is 15. The van der Waals surface area contributed by atoms with Gasteiger partial charge >= 0.3 is 0 Å². The average molecular weight is 814 g/mol. The van der Waals surface area contributed by atoms with E-state index >= 15 is 0 Å². The van der Waals surface area contributed by atoms with Crippen molar-refractivity contribution in [3.8, 4) is 0 Å². The van der Waals surface area contributed by atoms with E-state index in [1.165, 1.54) is 44.9 Å². The predicted octanol–water partition coefficient (Wildman–Crippen LogP) is 12.8. The Hall–Kier alpha value is 0.884. The molecule has 12 atom stereocenters. The highest BCUT2D eigenvalue weighted by Crippen LogP contribution is 2.70. The molecular weight excluding hydrogens is 725 g/mol. The molecule has 0 aliphatic heterocycles. The third kappa shape index (κ3) is 11.5. The van der Waals surface area contributed by atoms with Crippen molar-refractivity contribution in [2.75, 3.05) is 0 Å². The Balaban J connectivity index is 1.72. The maximum atomic E-state index is 7.54. The summed E-state index contributed by atoms with van der Waals surface area (Å²) in [6.45, 7) is 48.4. The molecule has 0 aromatic rings. The second-order valence-electron chi connectivity index (χ2n) is 24.4. The van der Waals surface area contributed by atoms with E-state index in [1.54, 1.807) is 0 Å². The molecule has 4 aliphatic rings. The molecular formula is C42H88O5Si5. The average Bonchev–Trinajstić information content (AvgIpc) is 3.23. The minimum absolute atomic E-state index is 0.136. The molecule has 306 valence electrons. The van der Waals surface area contributed by atoms with Crippen LogP contribution in [-0.2, 0) is 22.1 Å². The van der Waals surface area contributed by atoms with Gasteiger partial charge in [-0.15, -0.1) is 0 Å². The van der Waals surface area contributed by atoms with Crippen LogP contribution in [0.1, 0.15) is 92.4 Å². The summed E-state index contributed by atoms with van der Waals surface area (Å²) in [5.74, 6) is 3.74. The van der Waals surface area contributed by atoms with Gasteiger partial charge in [0.15, 0.2) is 41.6 Å². The van der Waals surface area contributed by atoms with Crippen molar-refractivity contribution < 1.29 is 22.1 Å². The molecule has 5 nitrogen and oxygen atoms in total. The number of hydrogen-bond acceptors (Lipinski definition) is 5. The van der Waals surface area contributed by atoms with E-state index < -0.39 is 41.6 Å². The fraction of sp³-hybridized carbons (Fsp3) is 1.00. The van der Waals surface area contributed by atoms with Gasteiger partial charge in [0.25, 0.3) is 0 Å². The van der Waals surface area contributed by atoms with Crippen molar-refractivity contribution in [1.29, 1.82) is 0 Å². The first-order valence-corrected chi connectivity index (χ1v) is 38.7. The first kappa shape index (κ1) is 45.6. The Bertz CT molecular complexity index is 1200. The predicted molar refractivity (Wildman–Crippen MR) is 236 cm³/mol. The maximum Gasteiger partial charge on any atom is 0.184 e. The lowest BCUT2D eigenvalue weighted by molar-refractivity contribution is -0.199. The standard InChI is InChI=1S/C42H88O5Si5/c1-30(25-33(44-49(9,10)11)29-40(2,3)47-52(18,19)20)34-21-22-35-39-36(28-38(42(34,35)5)46-51(15,16)17)41(4)24-23-32(43-48(6,7)8)26-31(41)27-37(39)45-50(12,13)14/h30-39H,21-29H2,1-20H3/t30-,31?,32?,33?,34-,35+,36+,37?,38?,39+,41+,42-/m1/s1. The van der Waals surface area contributed by atoms with Crippen LogP contribution in [-0.4, -0.2) is 71.6 Å². The first-order chi connectivity index (χ1) is 23.2. The second kappa shape index (κ2) is 15.6. The van der Waals surface area contributed by atoms with Crippen LogP contribution in [0.5, 0.6) is 0 Å². The van der Waals surface area contributed by atoms with Crippen molar-refractivity contribution in [3.05, 3.63) is 0 Å². The van der Waals surface area contributed by atoms with Gasteiger partial charge in [-0.1, -0.05) is 20.8 Å². The molecule has 4 aliphatic carbocycles. The van der Waals surface area contributed by atoms with Crippen LogP contribution in [0.3, 0.4) is 0 Å². The van der Waals surface area contributed by atoms with E-state index in [1.807, 2.05) is 0 Å². The summed E-state index contributed by atoms with van der Waals surface area (Å²) in [6, 6.07) is 0. The van der Waals surface area contributed by atoms with Gasteiger partial charge in [-0.2, -0.15) is 0 Å². The largest absolute Gasteiger partial charge is 0.415 e. The van der Waals surface area contributed by atoms with Crippen LogP contribution in [0.2, 0.25) is 98.2 Å². The molecule has 0 spiro atoms. The molecule has 0 N–H and O–H groups in total. The molecule has 52 heavy (non-hydrogen) atoms. The van der Waals surface area contributed by atoms with Crippen LogP contribution in [0.25, 0.3) is 0 Å². The quantitative estimate of drug-likeness (QED) is 0.154. The van der Waals surface area contributed by atoms with Crippen LogP contribution in [0.15, 0.2) is 0 Å². The molecule has 0 saturated heterocycles. The normalized spacial score (nSPS) is 37.6. The Morgan fingerprint density at radius 2 is 1.23 bits per heavy atom. The second-order valence-corrected chi connectivity index (χ2v) is 46.6. The summed E-state index contributed by atoms with van der Waals surface area (Å²) < 4.78 is 35.7. The Morgan fingerprint density at radius 3 is 1.75 bits per heavy atom. The lowest BCUT2D eigenvalue weighted by atomic mass is 9.43. The zero-order valence-corrected chi connectivity index (χ0v) is 43.2. The molecule has 0 heterocycles. The SMILES string of the molecule is C[C@H](CC(CC(C)(C)O[Si](C)(C)C)O[Si](C)(C)C)[C@H]1CC[C@H]2[C@@H]3C(O[Si](C)(C)C)CC4CC(O[Si](C)(C)C)CC[C@]4(C)[C@H]3CC(O[Si](C)(C)C)[C@]12C. The third-order valence-corrected chi connectivity index (χ3v) is 18.7.